The maximum Gasteiger partial charge on any atom is 0.238 e. The lowest BCUT2D eigenvalue weighted by Gasteiger charge is -2.16. The van der Waals surface area contributed by atoms with Gasteiger partial charge in [-0.2, -0.15) is 0 Å². The van der Waals surface area contributed by atoms with E-state index in [-0.39, 0.29) is 12.5 Å². The van der Waals surface area contributed by atoms with Crippen molar-refractivity contribution in [3.8, 4) is 0 Å². The molecule has 1 aromatic carbocycles. The summed E-state index contributed by atoms with van der Waals surface area (Å²) in [7, 11) is 1.91. The standard InChI is InChI=1S/C14H21ClN2O2/c1-17(9-5-2-6-10-18)11-14(19)16-13-8-4-3-7-12(13)15/h3-4,7-8,18H,2,5-6,9-11H2,1H3,(H,16,19). The van der Waals surface area contributed by atoms with Crippen LogP contribution in [0, 0.1) is 0 Å². The van der Waals surface area contributed by atoms with Crippen molar-refractivity contribution in [2.24, 2.45) is 0 Å². The summed E-state index contributed by atoms with van der Waals surface area (Å²) in [6.45, 7) is 1.41. The Morgan fingerprint density at radius 2 is 2.05 bits per heavy atom. The lowest BCUT2D eigenvalue weighted by molar-refractivity contribution is -0.117. The third kappa shape index (κ3) is 6.57. The predicted octanol–water partition coefficient (Wildman–Crippen LogP) is 2.37. The third-order valence-electron chi connectivity index (χ3n) is 2.76. The quantitative estimate of drug-likeness (QED) is 0.721. The molecule has 0 aliphatic heterocycles. The first-order valence-electron chi connectivity index (χ1n) is 6.47. The van der Waals surface area contributed by atoms with Gasteiger partial charge in [0.1, 0.15) is 0 Å². The molecule has 2 N–H and O–H groups in total. The van der Waals surface area contributed by atoms with Gasteiger partial charge in [-0.1, -0.05) is 23.7 Å². The van der Waals surface area contributed by atoms with Gasteiger partial charge in [-0.25, -0.2) is 0 Å². The van der Waals surface area contributed by atoms with Crippen LogP contribution in [0.1, 0.15) is 19.3 Å². The fraction of sp³-hybridized carbons (Fsp3) is 0.500. The van der Waals surface area contributed by atoms with E-state index < -0.39 is 0 Å². The number of anilines is 1. The number of nitrogens with zero attached hydrogens (tertiary/aromatic N) is 1. The monoisotopic (exact) mass is 284 g/mol. The first-order chi connectivity index (χ1) is 9.13. The highest BCUT2D eigenvalue weighted by Crippen LogP contribution is 2.20. The molecule has 0 radical (unpaired) electrons. The molecule has 0 saturated heterocycles. The molecule has 0 bridgehead atoms. The number of carbonyl (C=O) groups is 1. The molecule has 0 saturated carbocycles. The van der Waals surface area contributed by atoms with Crippen molar-refractivity contribution in [2.45, 2.75) is 19.3 Å². The van der Waals surface area contributed by atoms with Crippen molar-refractivity contribution < 1.29 is 9.90 Å². The average molecular weight is 285 g/mol. The Kier molecular flexibility index (Phi) is 7.48. The minimum Gasteiger partial charge on any atom is -0.396 e. The molecule has 106 valence electrons. The molecule has 0 spiro atoms. The predicted molar refractivity (Wildman–Crippen MR) is 78.5 cm³/mol. The third-order valence-corrected chi connectivity index (χ3v) is 3.09. The molecule has 0 heterocycles. The van der Waals surface area contributed by atoms with E-state index in [0.717, 1.165) is 25.8 Å². The van der Waals surface area contributed by atoms with Crippen molar-refractivity contribution in [1.29, 1.82) is 0 Å². The second-order valence-corrected chi connectivity index (χ2v) is 4.96. The molecule has 0 unspecified atom stereocenters. The Morgan fingerprint density at radius 3 is 2.74 bits per heavy atom. The number of hydrogen-bond donors (Lipinski definition) is 2. The molecule has 19 heavy (non-hydrogen) atoms. The Hall–Kier alpha value is -1.10. The van der Waals surface area contributed by atoms with Crippen molar-refractivity contribution in [3.63, 3.8) is 0 Å². The van der Waals surface area contributed by atoms with Crippen LogP contribution in [0.5, 0.6) is 0 Å². The SMILES string of the molecule is CN(CCCCCO)CC(=O)Nc1ccccc1Cl. The van der Waals surface area contributed by atoms with Crippen LogP contribution < -0.4 is 5.32 Å². The topological polar surface area (TPSA) is 52.6 Å². The zero-order valence-electron chi connectivity index (χ0n) is 11.2. The molecular weight excluding hydrogens is 264 g/mol. The van der Waals surface area contributed by atoms with E-state index in [9.17, 15) is 4.79 Å². The van der Waals surface area contributed by atoms with Crippen LogP contribution in [0.4, 0.5) is 5.69 Å². The van der Waals surface area contributed by atoms with E-state index in [1.54, 1.807) is 12.1 Å². The van der Waals surface area contributed by atoms with Crippen LogP contribution in [0.15, 0.2) is 24.3 Å². The van der Waals surface area contributed by atoms with Gasteiger partial charge in [-0.3, -0.25) is 9.69 Å². The molecule has 5 heteroatoms. The number of aliphatic hydroxyl groups excluding tert-OH is 1. The summed E-state index contributed by atoms with van der Waals surface area (Å²) in [6, 6.07) is 7.18. The maximum absolute atomic E-state index is 11.8. The molecule has 1 rings (SSSR count). The lowest BCUT2D eigenvalue weighted by atomic mass is 10.2. The van der Waals surface area contributed by atoms with Crippen LogP contribution in [0.3, 0.4) is 0 Å². The second kappa shape index (κ2) is 8.91. The van der Waals surface area contributed by atoms with Crippen molar-refractivity contribution in [1.82, 2.24) is 4.90 Å². The first kappa shape index (κ1) is 16.0. The highest BCUT2D eigenvalue weighted by atomic mass is 35.5. The number of unbranched alkanes of at least 4 members (excludes halogenated alkanes) is 2. The van der Waals surface area contributed by atoms with Gasteiger partial charge >= 0.3 is 0 Å². The van der Waals surface area contributed by atoms with E-state index in [1.165, 1.54) is 0 Å². The zero-order valence-corrected chi connectivity index (χ0v) is 12.0. The van der Waals surface area contributed by atoms with Crippen LogP contribution in [0.2, 0.25) is 5.02 Å². The van der Waals surface area contributed by atoms with E-state index in [1.807, 2.05) is 24.1 Å². The summed E-state index contributed by atoms with van der Waals surface area (Å²) in [5, 5.41) is 12.0. The van der Waals surface area contributed by atoms with E-state index >= 15 is 0 Å². The van der Waals surface area contributed by atoms with Crippen molar-refractivity contribution in [2.75, 3.05) is 32.1 Å². The Morgan fingerprint density at radius 1 is 1.32 bits per heavy atom. The number of nitrogens with one attached hydrogen (secondary N) is 1. The molecule has 0 aromatic heterocycles. The fourth-order valence-electron chi connectivity index (χ4n) is 1.75. The molecule has 0 atom stereocenters. The number of halogens is 1. The number of hydrogen-bond acceptors (Lipinski definition) is 3. The minimum absolute atomic E-state index is 0.0715. The smallest absolute Gasteiger partial charge is 0.238 e. The highest BCUT2D eigenvalue weighted by molar-refractivity contribution is 6.33. The van der Waals surface area contributed by atoms with Gasteiger partial charge in [0.15, 0.2) is 0 Å². The minimum atomic E-state index is -0.0715. The molecule has 0 aliphatic carbocycles. The van der Waals surface area contributed by atoms with Crippen LogP contribution in [-0.2, 0) is 4.79 Å². The number of benzene rings is 1. The van der Waals surface area contributed by atoms with Gasteiger partial charge in [-0.15, -0.1) is 0 Å². The Balaban J connectivity index is 2.29. The Labute approximate surface area is 119 Å². The molecule has 0 aliphatic rings. The molecule has 1 amide bonds. The van der Waals surface area contributed by atoms with Gasteiger partial charge in [-0.05, 0) is 45.0 Å². The van der Waals surface area contributed by atoms with Gasteiger partial charge in [0.05, 0.1) is 17.3 Å². The van der Waals surface area contributed by atoms with Crippen LogP contribution in [-0.4, -0.2) is 42.7 Å². The zero-order chi connectivity index (χ0) is 14.1. The Bertz CT molecular complexity index is 399. The summed E-state index contributed by atoms with van der Waals surface area (Å²) in [5.41, 5.74) is 0.642. The summed E-state index contributed by atoms with van der Waals surface area (Å²) in [6.07, 6.45) is 2.78. The van der Waals surface area contributed by atoms with Crippen molar-refractivity contribution in [3.05, 3.63) is 29.3 Å². The fourth-order valence-corrected chi connectivity index (χ4v) is 1.93. The largest absolute Gasteiger partial charge is 0.396 e. The van der Waals surface area contributed by atoms with Crippen molar-refractivity contribution >= 4 is 23.2 Å². The van der Waals surface area contributed by atoms with E-state index in [0.29, 0.717) is 17.3 Å². The lowest BCUT2D eigenvalue weighted by Crippen LogP contribution is -2.31. The maximum atomic E-state index is 11.8. The number of amides is 1. The van der Waals surface area contributed by atoms with Crippen LogP contribution >= 0.6 is 11.6 Å². The molecule has 0 fully saturated rings. The summed E-state index contributed by atoms with van der Waals surface area (Å²) in [4.78, 5) is 13.8. The van der Waals surface area contributed by atoms with Gasteiger partial charge in [0, 0.05) is 6.61 Å². The number of rotatable bonds is 8. The number of carbonyl (C=O) groups excluding carboxylic acids is 1. The van der Waals surface area contributed by atoms with Gasteiger partial charge in [0.2, 0.25) is 5.91 Å². The highest BCUT2D eigenvalue weighted by Gasteiger charge is 2.08. The summed E-state index contributed by atoms with van der Waals surface area (Å²) < 4.78 is 0. The molecular formula is C14H21ClN2O2. The van der Waals surface area contributed by atoms with Gasteiger partial charge in [0.25, 0.3) is 0 Å². The van der Waals surface area contributed by atoms with Crippen LogP contribution in [0.25, 0.3) is 0 Å². The summed E-state index contributed by atoms with van der Waals surface area (Å²) >= 11 is 5.97. The first-order valence-corrected chi connectivity index (χ1v) is 6.85. The normalized spacial score (nSPS) is 10.7. The average Bonchev–Trinajstić information content (AvgIpc) is 2.37. The molecule has 1 aromatic rings. The number of likely N-dealkylation sites (N-methyl/N-ethyl adjacent to an activating group) is 1. The van der Waals surface area contributed by atoms with E-state index in [4.69, 9.17) is 16.7 Å². The van der Waals surface area contributed by atoms with E-state index in [2.05, 4.69) is 5.32 Å². The second-order valence-electron chi connectivity index (χ2n) is 4.55. The number of aliphatic hydroxyl groups is 1. The number of para-hydroxylation sites is 1. The summed E-state index contributed by atoms with van der Waals surface area (Å²) in [5.74, 6) is -0.0715. The molecule has 4 nitrogen and oxygen atoms in total. The van der Waals surface area contributed by atoms with Gasteiger partial charge < -0.3 is 10.4 Å².